The molecule has 0 unspecified atom stereocenters. The molecule has 0 spiro atoms. The van der Waals surface area contributed by atoms with E-state index in [1.54, 1.807) is 24.3 Å². The summed E-state index contributed by atoms with van der Waals surface area (Å²) in [5.74, 6) is 0.547. The largest absolute Gasteiger partial charge is 0.486 e. The Morgan fingerprint density at radius 1 is 1.32 bits per heavy atom. The van der Waals surface area contributed by atoms with E-state index in [-0.39, 0.29) is 30.7 Å². The molecule has 0 bridgehead atoms. The normalized spacial score (nSPS) is 10.4. The highest BCUT2D eigenvalue weighted by Gasteiger charge is 2.22. The van der Waals surface area contributed by atoms with Crippen LogP contribution in [0.2, 0.25) is 5.02 Å². The molecule has 5 nitrogen and oxygen atoms in total. The number of nitrogens with one attached hydrogen (secondary N) is 1. The van der Waals surface area contributed by atoms with Gasteiger partial charge in [0.25, 0.3) is 5.91 Å². The molecule has 140 valence electrons. The molecule has 9 heteroatoms. The highest BCUT2D eigenvalue weighted by molar-refractivity contribution is 7.13. The van der Waals surface area contributed by atoms with Crippen LogP contribution in [-0.2, 0) is 6.61 Å². The minimum Gasteiger partial charge on any atom is -0.486 e. The summed E-state index contributed by atoms with van der Waals surface area (Å²) in [5.41, 5.74) is 5.88. The zero-order chi connectivity index (χ0) is 17.0. The number of hydrogen-bond acceptors (Lipinski definition) is 5. The molecule has 0 radical (unpaired) electrons. The van der Waals surface area contributed by atoms with E-state index in [4.69, 9.17) is 22.1 Å². The van der Waals surface area contributed by atoms with Crippen LogP contribution in [-0.4, -0.2) is 23.0 Å². The number of nitrogens with two attached hydrogens (primary N) is 1. The smallest absolute Gasteiger partial charge is 0.263 e. The molecule has 1 aromatic heterocycles. The van der Waals surface area contributed by atoms with Crippen molar-refractivity contribution in [1.29, 1.82) is 0 Å². The van der Waals surface area contributed by atoms with Gasteiger partial charge in [-0.1, -0.05) is 11.6 Å². The minimum atomic E-state index is -0.451. The first kappa shape index (κ1) is 23.9. The summed E-state index contributed by atoms with van der Waals surface area (Å²) in [5, 5.41) is 4.31. The van der Waals surface area contributed by atoms with Crippen molar-refractivity contribution in [3.05, 3.63) is 44.9 Å². The first-order chi connectivity index (χ1) is 10.8. The first-order valence-electron chi connectivity index (χ1n) is 7.18. The Hall–Kier alpha value is -1.05. The topological polar surface area (TPSA) is 77.2 Å². The van der Waals surface area contributed by atoms with Crippen LogP contribution in [0.15, 0.2) is 24.3 Å². The first-order valence-corrected chi connectivity index (χ1v) is 8.37. The number of carbonyl (C=O) groups is 1. The lowest BCUT2D eigenvalue weighted by Crippen LogP contribution is -2.48. The zero-order valence-corrected chi connectivity index (χ0v) is 17.4. The highest BCUT2D eigenvalue weighted by atomic mass is 35.5. The number of carbonyl (C=O) groups excluding carboxylic acids is 1. The number of aryl methyl sites for hydroxylation is 1. The number of hydrogen-bond donors (Lipinski definition) is 2. The average molecular weight is 427 g/mol. The van der Waals surface area contributed by atoms with Crippen molar-refractivity contribution in [3.8, 4) is 5.75 Å². The van der Waals surface area contributed by atoms with Crippen molar-refractivity contribution in [3.63, 3.8) is 0 Å². The van der Waals surface area contributed by atoms with Gasteiger partial charge in [-0.3, -0.25) is 4.79 Å². The second kappa shape index (κ2) is 10.2. The van der Waals surface area contributed by atoms with E-state index in [1.807, 2.05) is 20.8 Å². The molecule has 0 aliphatic heterocycles. The number of nitrogens with zero attached hydrogens (tertiary/aromatic N) is 1. The molecule has 1 heterocycles. The lowest BCUT2D eigenvalue weighted by molar-refractivity contribution is 0.0919. The van der Waals surface area contributed by atoms with Crippen molar-refractivity contribution in [1.82, 2.24) is 10.3 Å². The zero-order valence-electron chi connectivity index (χ0n) is 14.2. The number of amides is 1. The Kier molecular flexibility index (Phi) is 9.76. The van der Waals surface area contributed by atoms with Crippen molar-refractivity contribution in [2.75, 3.05) is 6.54 Å². The van der Waals surface area contributed by atoms with E-state index in [1.165, 1.54) is 11.3 Å². The third-order valence-electron chi connectivity index (χ3n) is 3.19. The molecule has 2 rings (SSSR count). The minimum absolute atomic E-state index is 0. The molecular weight excluding hydrogens is 405 g/mol. The van der Waals surface area contributed by atoms with E-state index in [9.17, 15) is 4.79 Å². The van der Waals surface area contributed by atoms with Gasteiger partial charge in [-0.25, -0.2) is 4.98 Å². The van der Waals surface area contributed by atoms with Gasteiger partial charge < -0.3 is 15.8 Å². The van der Waals surface area contributed by atoms with Gasteiger partial charge in [-0.2, -0.15) is 0 Å². The molecule has 1 amide bonds. The molecule has 0 saturated carbocycles. The Labute approximate surface area is 169 Å². The maximum atomic E-state index is 12.3. The predicted molar refractivity (Wildman–Crippen MR) is 108 cm³/mol. The number of ether oxygens (including phenoxy) is 1. The molecule has 2 aromatic rings. The van der Waals surface area contributed by atoms with Crippen LogP contribution in [0.25, 0.3) is 0 Å². The molecular formula is C16H22Cl3N3O2S. The van der Waals surface area contributed by atoms with Crippen LogP contribution in [0.5, 0.6) is 5.75 Å². The van der Waals surface area contributed by atoms with Crippen LogP contribution < -0.4 is 15.8 Å². The Bertz CT molecular complexity index is 690. The monoisotopic (exact) mass is 425 g/mol. The number of rotatable bonds is 6. The second-order valence-corrected chi connectivity index (χ2v) is 7.33. The number of benzene rings is 1. The predicted octanol–water partition coefficient (Wildman–Crippen LogP) is 3.99. The maximum absolute atomic E-state index is 12.3. The van der Waals surface area contributed by atoms with E-state index < -0.39 is 5.54 Å². The summed E-state index contributed by atoms with van der Waals surface area (Å²) >= 11 is 7.16. The summed E-state index contributed by atoms with van der Waals surface area (Å²) < 4.78 is 5.65. The third kappa shape index (κ3) is 6.99. The fourth-order valence-corrected chi connectivity index (χ4v) is 2.81. The molecule has 0 saturated heterocycles. The van der Waals surface area contributed by atoms with Crippen molar-refractivity contribution in [2.24, 2.45) is 5.73 Å². The summed E-state index contributed by atoms with van der Waals surface area (Å²) in [7, 11) is 0. The number of aromatic nitrogens is 1. The van der Waals surface area contributed by atoms with Crippen LogP contribution in [0.3, 0.4) is 0 Å². The highest BCUT2D eigenvalue weighted by Crippen LogP contribution is 2.22. The fourth-order valence-electron chi connectivity index (χ4n) is 1.82. The van der Waals surface area contributed by atoms with Crippen molar-refractivity contribution in [2.45, 2.75) is 32.9 Å². The van der Waals surface area contributed by atoms with Gasteiger partial charge in [0.05, 0.1) is 5.69 Å². The third-order valence-corrected chi connectivity index (χ3v) is 4.57. The lowest BCUT2D eigenvalue weighted by Gasteiger charge is -2.23. The Balaban J connectivity index is 0.00000288. The molecule has 0 aliphatic carbocycles. The van der Waals surface area contributed by atoms with Crippen LogP contribution in [0, 0.1) is 6.92 Å². The van der Waals surface area contributed by atoms with E-state index >= 15 is 0 Å². The summed E-state index contributed by atoms with van der Waals surface area (Å²) in [6.07, 6.45) is 0. The van der Waals surface area contributed by atoms with Gasteiger partial charge >= 0.3 is 0 Å². The molecule has 0 aliphatic rings. The second-order valence-electron chi connectivity index (χ2n) is 5.81. The van der Waals surface area contributed by atoms with Crippen LogP contribution in [0.1, 0.15) is 34.2 Å². The summed E-state index contributed by atoms with van der Waals surface area (Å²) in [6.45, 7) is 6.24. The van der Waals surface area contributed by atoms with Crippen LogP contribution in [0.4, 0.5) is 0 Å². The number of halogens is 3. The van der Waals surface area contributed by atoms with Gasteiger partial charge in [0, 0.05) is 17.1 Å². The standard InChI is InChI=1S/C16H20ClN3O2S.2ClH/c1-10-14(15(21)20-16(2,3)9-18)23-13(19-10)8-22-12-6-4-11(17)5-7-12;;/h4-7H,8-9,18H2,1-3H3,(H,20,21);2*1H. The molecule has 3 N–H and O–H groups in total. The molecule has 1 aromatic carbocycles. The molecule has 0 atom stereocenters. The van der Waals surface area contributed by atoms with Crippen molar-refractivity contribution >= 4 is 53.7 Å². The molecule has 25 heavy (non-hydrogen) atoms. The summed E-state index contributed by atoms with van der Waals surface area (Å²) in [6, 6.07) is 7.11. The lowest BCUT2D eigenvalue weighted by atomic mass is 10.1. The Morgan fingerprint density at radius 3 is 2.48 bits per heavy atom. The summed E-state index contributed by atoms with van der Waals surface area (Å²) in [4.78, 5) is 17.3. The van der Waals surface area contributed by atoms with Gasteiger partial charge in [-0.05, 0) is 45.0 Å². The quantitative estimate of drug-likeness (QED) is 0.732. The Morgan fingerprint density at radius 2 is 1.92 bits per heavy atom. The SMILES string of the molecule is Cc1nc(COc2ccc(Cl)cc2)sc1C(=O)NC(C)(C)CN.Cl.Cl. The van der Waals surface area contributed by atoms with E-state index in [0.717, 1.165) is 5.01 Å². The van der Waals surface area contributed by atoms with Gasteiger partial charge in [-0.15, -0.1) is 36.2 Å². The maximum Gasteiger partial charge on any atom is 0.263 e. The van der Waals surface area contributed by atoms with Gasteiger partial charge in [0.2, 0.25) is 0 Å². The van der Waals surface area contributed by atoms with Gasteiger partial charge in [0.15, 0.2) is 0 Å². The van der Waals surface area contributed by atoms with Crippen LogP contribution >= 0.6 is 47.8 Å². The van der Waals surface area contributed by atoms with E-state index in [0.29, 0.717) is 34.5 Å². The number of thiazole rings is 1. The van der Waals surface area contributed by atoms with Gasteiger partial charge in [0.1, 0.15) is 22.2 Å². The van der Waals surface area contributed by atoms with Crippen molar-refractivity contribution < 1.29 is 9.53 Å². The fraction of sp³-hybridized carbons (Fsp3) is 0.375. The molecule has 0 fully saturated rings. The average Bonchev–Trinajstić information content (AvgIpc) is 2.87. The van der Waals surface area contributed by atoms with E-state index in [2.05, 4.69) is 10.3 Å².